The van der Waals surface area contributed by atoms with Crippen molar-refractivity contribution >= 4 is 17.3 Å². The van der Waals surface area contributed by atoms with Gasteiger partial charge in [-0.15, -0.1) is 11.3 Å². The van der Waals surface area contributed by atoms with Gasteiger partial charge in [0.25, 0.3) is 0 Å². The standard InChI is InChI=1S/C19H24N6S/c1-4-20-19(24(3)13-17-14-26-15(2)23-17)21-12-16-8-5-6-9-18(16)25-11-7-10-22-25/h5-11,14H,4,12-13H2,1-3H3,(H,20,21). The third kappa shape index (κ3) is 4.49. The second kappa shape index (κ2) is 8.62. The number of nitrogens with one attached hydrogen (secondary N) is 1. The Morgan fingerprint density at radius 2 is 2.15 bits per heavy atom. The second-order valence-corrected chi connectivity index (χ2v) is 7.03. The first kappa shape index (κ1) is 18.1. The van der Waals surface area contributed by atoms with E-state index in [1.54, 1.807) is 17.5 Å². The maximum absolute atomic E-state index is 4.82. The molecule has 0 radical (unpaired) electrons. The van der Waals surface area contributed by atoms with Crippen LogP contribution < -0.4 is 5.32 Å². The molecule has 0 aliphatic heterocycles. The van der Waals surface area contributed by atoms with E-state index in [0.29, 0.717) is 6.54 Å². The monoisotopic (exact) mass is 368 g/mol. The Hall–Kier alpha value is -2.67. The average Bonchev–Trinajstić information content (AvgIpc) is 3.31. The van der Waals surface area contributed by atoms with Crippen molar-refractivity contribution in [1.82, 2.24) is 25.0 Å². The lowest BCUT2D eigenvalue weighted by Crippen LogP contribution is -2.38. The molecule has 2 heterocycles. The van der Waals surface area contributed by atoms with Gasteiger partial charge in [-0.05, 0) is 31.5 Å². The fourth-order valence-electron chi connectivity index (χ4n) is 2.71. The minimum atomic E-state index is 0.582. The van der Waals surface area contributed by atoms with Gasteiger partial charge in [0.05, 0.1) is 29.5 Å². The zero-order chi connectivity index (χ0) is 18.4. The SMILES string of the molecule is CCNC(=NCc1ccccc1-n1cccn1)N(C)Cc1csc(C)n1. The summed E-state index contributed by atoms with van der Waals surface area (Å²) in [5.41, 5.74) is 3.25. The molecular formula is C19H24N6S. The lowest BCUT2D eigenvalue weighted by molar-refractivity contribution is 0.470. The minimum Gasteiger partial charge on any atom is -0.357 e. The number of para-hydroxylation sites is 1. The summed E-state index contributed by atoms with van der Waals surface area (Å²) in [5, 5.41) is 10.9. The van der Waals surface area contributed by atoms with Crippen LogP contribution in [0.1, 0.15) is 23.2 Å². The molecule has 0 aliphatic carbocycles. The number of aliphatic imine (C=N–C) groups is 1. The van der Waals surface area contributed by atoms with Crippen LogP contribution in [0.3, 0.4) is 0 Å². The molecule has 136 valence electrons. The van der Waals surface area contributed by atoms with Crippen molar-refractivity contribution in [1.29, 1.82) is 0 Å². The van der Waals surface area contributed by atoms with E-state index in [0.717, 1.165) is 41.0 Å². The summed E-state index contributed by atoms with van der Waals surface area (Å²) in [6, 6.07) is 10.1. The van der Waals surface area contributed by atoms with Gasteiger partial charge in [0.1, 0.15) is 0 Å². The Balaban J connectivity index is 1.77. The number of aryl methyl sites for hydroxylation is 1. The van der Waals surface area contributed by atoms with E-state index < -0.39 is 0 Å². The first-order valence-electron chi connectivity index (χ1n) is 8.65. The quantitative estimate of drug-likeness (QED) is 0.536. The Bertz CT molecular complexity index is 853. The van der Waals surface area contributed by atoms with Gasteiger partial charge in [0.2, 0.25) is 0 Å². The van der Waals surface area contributed by atoms with Gasteiger partial charge in [0.15, 0.2) is 5.96 Å². The van der Waals surface area contributed by atoms with E-state index in [2.05, 4.69) is 44.7 Å². The molecule has 0 spiro atoms. The maximum Gasteiger partial charge on any atom is 0.194 e. The van der Waals surface area contributed by atoms with Gasteiger partial charge < -0.3 is 10.2 Å². The van der Waals surface area contributed by atoms with Crippen molar-refractivity contribution in [2.45, 2.75) is 26.9 Å². The van der Waals surface area contributed by atoms with Crippen LogP contribution in [0.15, 0.2) is 53.1 Å². The summed E-state index contributed by atoms with van der Waals surface area (Å²) in [4.78, 5) is 11.5. The molecular weight excluding hydrogens is 344 g/mol. The third-order valence-corrected chi connectivity index (χ3v) is 4.73. The van der Waals surface area contributed by atoms with Crippen molar-refractivity contribution in [3.8, 4) is 5.69 Å². The van der Waals surface area contributed by atoms with Gasteiger partial charge >= 0.3 is 0 Å². The highest BCUT2D eigenvalue weighted by atomic mass is 32.1. The van der Waals surface area contributed by atoms with Crippen molar-refractivity contribution in [2.75, 3.05) is 13.6 Å². The predicted octanol–water partition coefficient (Wildman–Crippen LogP) is 3.23. The van der Waals surface area contributed by atoms with Gasteiger partial charge in [-0.3, -0.25) is 0 Å². The van der Waals surface area contributed by atoms with Crippen LogP contribution in [0.5, 0.6) is 0 Å². The highest BCUT2D eigenvalue weighted by Gasteiger charge is 2.10. The smallest absolute Gasteiger partial charge is 0.194 e. The van der Waals surface area contributed by atoms with Crippen molar-refractivity contribution < 1.29 is 0 Å². The summed E-state index contributed by atoms with van der Waals surface area (Å²) in [7, 11) is 2.04. The number of guanidine groups is 1. The lowest BCUT2D eigenvalue weighted by Gasteiger charge is -2.21. The number of rotatable bonds is 6. The lowest BCUT2D eigenvalue weighted by atomic mass is 10.2. The molecule has 3 rings (SSSR count). The summed E-state index contributed by atoms with van der Waals surface area (Å²) in [5.74, 6) is 0.869. The molecule has 2 aromatic heterocycles. The summed E-state index contributed by atoms with van der Waals surface area (Å²) in [6.07, 6.45) is 3.73. The van der Waals surface area contributed by atoms with E-state index in [1.165, 1.54) is 0 Å². The fraction of sp³-hybridized carbons (Fsp3) is 0.316. The van der Waals surface area contributed by atoms with Crippen LogP contribution >= 0.6 is 11.3 Å². The number of hydrogen-bond donors (Lipinski definition) is 1. The molecule has 0 saturated carbocycles. The second-order valence-electron chi connectivity index (χ2n) is 5.96. The van der Waals surface area contributed by atoms with E-state index in [9.17, 15) is 0 Å². The zero-order valence-corrected chi connectivity index (χ0v) is 16.2. The third-order valence-electron chi connectivity index (χ3n) is 3.90. The highest BCUT2D eigenvalue weighted by Crippen LogP contribution is 2.15. The molecule has 3 aromatic rings. The van der Waals surface area contributed by atoms with Crippen LogP contribution in [0.25, 0.3) is 5.69 Å². The van der Waals surface area contributed by atoms with Gasteiger partial charge in [-0.25, -0.2) is 14.7 Å². The van der Waals surface area contributed by atoms with Gasteiger partial charge in [-0.1, -0.05) is 18.2 Å². The zero-order valence-electron chi connectivity index (χ0n) is 15.4. The van der Waals surface area contributed by atoms with E-state index in [4.69, 9.17) is 4.99 Å². The number of nitrogens with zero attached hydrogens (tertiary/aromatic N) is 5. The van der Waals surface area contributed by atoms with Crippen molar-refractivity contribution in [3.63, 3.8) is 0 Å². The number of hydrogen-bond acceptors (Lipinski definition) is 4. The van der Waals surface area contributed by atoms with Crippen LogP contribution in [0.2, 0.25) is 0 Å². The van der Waals surface area contributed by atoms with Crippen LogP contribution in [0, 0.1) is 6.92 Å². The van der Waals surface area contributed by atoms with Gasteiger partial charge in [-0.2, -0.15) is 5.10 Å². The van der Waals surface area contributed by atoms with Crippen molar-refractivity contribution in [3.05, 3.63) is 64.4 Å². The normalized spacial score (nSPS) is 11.6. The summed E-state index contributed by atoms with van der Waals surface area (Å²) >= 11 is 1.67. The molecule has 0 aliphatic rings. The Morgan fingerprint density at radius 1 is 1.31 bits per heavy atom. The van der Waals surface area contributed by atoms with E-state index in [-0.39, 0.29) is 0 Å². The summed E-state index contributed by atoms with van der Waals surface area (Å²) < 4.78 is 1.87. The van der Waals surface area contributed by atoms with E-state index in [1.807, 2.05) is 43.0 Å². The molecule has 1 N–H and O–H groups in total. The first-order chi connectivity index (χ1) is 12.7. The molecule has 0 saturated heterocycles. The number of thiazole rings is 1. The molecule has 6 nitrogen and oxygen atoms in total. The molecule has 26 heavy (non-hydrogen) atoms. The number of aromatic nitrogens is 3. The van der Waals surface area contributed by atoms with Crippen molar-refractivity contribution in [2.24, 2.45) is 4.99 Å². The highest BCUT2D eigenvalue weighted by molar-refractivity contribution is 7.09. The summed E-state index contributed by atoms with van der Waals surface area (Å²) in [6.45, 7) is 6.24. The molecule has 0 fully saturated rings. The van der Waals surface area contributed by atoms with Crippen LogP contribution in [-0.2, 0) is 13.1 Å². The molecule has 0 unspecified atom stereocenters. The minimum absolute atomic E-state index is 0.582. The van der Waals surface area contributed by atoms with E-state index >= 15 is 0 Å². The first-order valence-corrected chi connectivity index (χ1v) is 9.53. The topological polar surface area (TPSA) is 58.3 Å². The molecule has 1 aromatic carbocycles. The fourth-order valence-corrected chi connectivity index (χ4v) is 3.31. The Morgan fingerprint density at radius 3 is 2.85 bits per heavy atom. The molecule has 0 amide bonds. The average molecular weight is 369 g/mol. The number of benzene rings is 1. The Labute approximate surface area is 158 Å². The molecule has 0 bridgehead atoms. The maximum atomic E-state index is 4.82. The van der Waals surface area contributed by atoms with Gasteiger partial charge in [0, 0.05) is 31.4 Å². The molecule has 0 atom stereocenters. The largest absolute Gasteiger partial charge is 0.357 e. The Kier molecular flexibility index (Phi) is 6.01. The molecule has 7 heteroatoms. The predicted molar refractivity (Wildman–Crippen MR) is 107 cm³/mol. The van der Waals surface area contributed by atoms with Crippen LogP contribution in [-0.4, -0.2) is 39.2 Å². The van der Waals surface area contributed by atoms with Crippen LogP contribution in [0.4, 0.5) is 0 Å².